The molecule has 4 rings (SSSR count). The first-order chi connectivity index (χ1) is 15.1. The van der Waals surface area contributed by atoms with E-state index in [0.717, 1.165) is 5.56 Å². The molecule has 0 saturated heterocycles. The molecule has 0 fully saturated rings. The number of aromatic nitrogens is 3. The van der Waals surface area contributed by atoms with E-state index in [9.17, 15) is 14.0 Å². The number of benzene rings is 2. The Hall–Kier alpha value is -4.20. The number of nitrogens with zero attached hydrogens (tertiary/aromatic N) is 3. The summed E-state index contributed by atoms with van der Waals surface area (Å²) in [6.07, 6.45) is 4.94. The number of amides is 1. The topological polar surface area (TPSA) is 78.2 Å². The van der Waals surface area contributed by atoms with E-state index >= 15 is 0 Å². The molecular weight excluding hydrogens is 399 g/mol. The van der Waals surface area contributed by atoms with Gasteiger partial charge in [0.2, 0.25) is 0 Å². The number of carbonyl (C=O) groups is 2. The van der Waals surface area contributed by atoms with Gasteiger partial charge in [-0.2, -0.15) is 5.10 Å². The third-order valence-electron chi connectivity index (χ3n) is 4.54. The van der Waals surface area contributed by atoms with Crippen molar-refractivity contribution in [1.82, 2.24) is 19.7 Å². The van der Waals surface area contributed by atoms with Crippen molar-refractivity contribution in [2.75, 3.05) is 6.54 Å². The van der Waals surface area contributed by atoms with Gasteiger partial charge in [-0.15, -0.1) is 0 Å². The van der Waals surface area contributed by atoms with E-state index in [-0.39, 0.29) is 24.5 Å². The average Bonchev–Trinajstić information content (AvgIpc) is 3.47. The summed E-state index contributed by atoms with van der Waals surface area (Å²) in [6.45, 7) is -0.148. The molecule has 2 aromatic carbocycles. The summed E-state index contributed by atoms with van der Waals surface area (Å²) in [6, 6.07) is 18.7. The van der Waals surface area contributed by atoms with Gasteiger partial charge in [-0.25, -0.2) is 9.07 Å². The lowest BCUT2D eigenvalue weighted by atomic mass is 10.2. The molecule has 0 saturated carbocycles. The number of rotatable bonds is 7. The molecule has 2 aromatic heterocycles. The van der Waals surface area contributed by atoms with Crippen LogP contribution in [0, 0.1) is 5.82 Å². The first-order valence-electron chi connectivity index (χ1n) is 9.57. The highest BCUT2D eigenvalue weighted by atomic mass is 19.1. The fourth-order valence-corrected chi connectivity index (χ4v) is 3.03. The molecule has 0 spiro atoms. The molecule has 31 heavy (non-hydrogen) atoms. The van der Waals surface area contributed by atoms with Crippen LogP contribution in [0.2, 0.25) is 0 Å². The highest BCUT2D eigenvalue weighted by Crippen LogP contribution is 2.20. The standard InChI is InChI=1S/C23H19FN4O3/c24-18-8-10-19(11-9-18)28-23(27-12-4-5-13-27)20(14-26-28)22(30)25-15-21(29)31-16-17-6-2-1-3-7-17/h1-14H,15-16H2,(H,25,30). The Morgan fingerprint density at radius 1 is 0.968 bits per heavy atom. The first-order valence-corrected chi connectivity index (χ1v) is 9.57. The lowest BCUT2D eigenvalue weighted by Gasteiger charge is -2.11. The van der Waals surface area contributed by atoms with Crippen LogP contribution in [-0.4, -0.2) is 32.8 Å². The fraction of sp³-hybridized carbons (Fsp3) is 0.0870. The second-order valence-corrected chi connectivity index (χ2v) is 6.69. The minimum atomic E-state index is -0.550. The molecule has 0 bridgehead atoms. The summed E-state index contributed by atoms with van der Waals surface area (Å²) in [4.78, 5) is 24.8. The Balaban J connectivity index is 1.49. The van der Waals surface area contributed by atoms with Crippen molar-refractivity contribution >= 4 is 11.9 Å². The third-order valence-corrected chi connectivity index (χ3v) is 4.54. The molecule has 7 nitrogen and oxygen atoms in total. The van der Waals surface area contributed by atoms with Crippen LogP contribution in [0.4, 0.5) is 4.39 Å². The first kappa shape index (κ1) is 20.1. The highest BCUT2D eigenvalue weighted by Gasteiger charge is 2.20. The Kier molecular flexibility index (Phi) is 5.89. The minimum Gasteiger partial charge on any atom is -0.460 e. The molecule has 2 heterocycles. The SMILES string of the molecule is O=C(CNC(=O)c1cnn(-c2ccc(F)cc2)c1-n1cccc1)OCc1ccccc1. The van der Waals surface area contributed by atoms with Crippen LogP contribution < -0.4 is 5.32 Å². The Morgan fingerprint density at radius 2 is 1.68 bits per heavy atom. The Bertz CT molecular complexity index is 1170. The van der Waals surface area contributed by atoms with Gasteiger partial charge in [0, 0.05) is 12.4 Å². The van der Waals surface area contributed by atoms with Gasteiger partial charge >= 0.3 is 5.97 Å². The minimum absolute atomic E-state index is 0.132. The number of ether oxygens (including phenoxy) is 1. The van der Waals surface area contributed by atoms with Crippen LogP contribution >= 0.6 is 0 Å². The van der Waals surface area contributed by atoms with Gasteiger partial charge in [-0.3, -0.25) is 9.59 Å². The zero-order chi connectivity index (χ0) is 21.6. The number of halogens is 1. The van der Waals surface area contributed by atoms with Gasteiger partial charge in [-0.05, 0) is 42.0 Å². The maximum Gasteiger partial charge on any atom is 0.325 e. The van der Waals surface area contributed by atoms with E-state index in [2.05, 4.69) is 10.4 Å². The van der Waals surface area contributed by atoms with Crippen LogP contribution in [0.1, 0.15) is 15.9 Å². The zero-order valence-corrected chi connectivity index (χ0v) is 16.4. The lowest BCUT2D eigenvalue weighted by molar-refractivity contribution is -0.143. The van der Waals surface area contributed by atoms with Crippen LogP contribution in [0.25, 0.3) is 11.5 Å². The van der Waals surface area contributed by atoms with Gasteiger partial charge in [0.25, 0.3) is 5.91 Å². The molecule has 0 aliphatic heterocycles. The van der Waals surface area contributed by atoms with Gasteiger partial charge in [0.1, 0.15) is 24.5 Å². The molecule has 156 valence electrons. The monoisotopic (exact) mass is 418 g/mol. The predicted molar refractivity (Wildman–Crippen MR) is 111 cm³/mol. The van der Waals surface area contributed by atoms with Crippen LogP contribution in [0.5, 0.6) is 0 Å². The summed E-state index contributed by atoms with van der Waals surface area (Å²) in [5.74, 6) is -0.934. The summed E-state index contributed by atoms with van der Waals surface area (Å²) >= 11 is 0. The molecule has 0 unspecified atom stereocenters. The Morgan fingerprint density at radius 3 is 2.39 bits per heavy atom. The molecule has 0 aliphatic carbocycles. The molecule has 1 amide bonds. The number of esters is 1. The summed E-state index contributed by atoms with van der Waals surface area (Å²) in [7, 11) is 0. The van der Waals surface area contributed by atoms with E-state index in [1.54, 1.807) is 29.1 Å². The fourth-order valence-electron chi connectivity index (χ4n) is 3.03. The van der Waals surface area contributed by atoms with E-state index in [0.29, 0.717) is 11.5 Å². The Labute approximate surface area is 177 Å². The van der Waals surface area contributed by atoms with Crippen molar-refractivity contribution in [2.24, 2.45) is 0 Å². The average molecular weight is 418 g/mol. The quantitative estimate of drug-likeness (QED) is 0.467. The second-order valence-electron chi connectivity index (χ2n) is 6.69. The van der Waals surface area contributed by atoms with E-state index in [4.69, 9.17) is 4.74 Å². The van der Waals surface area contributed by atoms with E-state index < -0.39 is 11.9 Å². The van der Waals surface area contributed by atoms with Crippen LogP contribution in [-0.2, 0) is 16.1 Å². The van der Waals surface area contributed by atoms with Gasteiger partial charge < -0.3 is 14.6 Å². The molecule has 1 N–H and O–H groups in total. The van der Waals surface area contributed by atoms with E-state index in [1.165, 1.54) is 23.0 Å². The van der Waals surface area contributed by atoms with Crippen LogP contribution in [0.15, 0.2) is 85.3 Å². The largest absolute Gasteiger partial charge is 0.460 e. The molecule has 0 radical (unpaired) electrons. The molecular formula is C23H19FN4O3. The molecule has 0 aliphatic rings. The van der Waals surface area contributed by atoms with Crippen molar-refractivity contribution in [2.45, 2.75) is 6.61 Å². The lowest BCUT2D eigenvalue weighted by Crippen LogP contribution is -2.31. The van der Waals surface area contributed by atoms with Gasteiger partial charge in [0.05, 0.1) is 11.9 Å². The number of nitrogens with one attached hydrogen (secondary N) is 1. The van der Waals surface area contributed by atoms with Crippen LogP contribution in [0.3, 0.4) is 0 Å². The second kappa shape index (κ2) is 9.08. The molecule has 0 atom stereocenters. The van der Waals surface area contributed by atoms with Gasteiger partial charge in [0.15, 0.2) is 5.82 Å². The highest BCUT2D eigenvalue weighted by molar-refractivity contribution is 5.98. The predicted octanol–water partition coefficient (Wildman–Crippen LogP) is 3.28. The summed E-state index contributed by atoms with van der Waals surface area (Å²) in [5.41, 5.74) is 1.71. The van der Waals surface area contributed by atoms with Crippen molar-refractivity contribution in [3.63, 3.8) is 0 Å². The van der Waals surface area contributed by atoms with Crippen molar-refractivity contribution in [3.05, 3.63) is 102 Å². The zero-order valence-electron chi connectivity index (χ0n) is 16.4. The summed E-state index contributed by atoms with van der Waals surface area (Å²) < 4.78 is 21.8. The third kappa shape index (κ3) is 4.69. The molecule has 4 aromatic rings. The molecule has 8 heteroatoms. The van der Waals surface area contributed by atoms with Crippen molar-refractivity contribution in [3.8, 4) is 11.5 Å². The smallest absolute Gasteiger partial charge is 0.325 e. The van der Waals surface area contributed by atoms with Crippen molar-refractivity contribution < 1.29 is 18.7 Å². The number of hydrogen-bond acceptors (Lipinski definition) is 4. The van der Waals surface area contributed by atoms with Crippen molar-refractivity contribution in [1.29, 1.82) is 0 Å². The maximum atomic E-state index is 13.3. The van der Waals surface area contributed by atoms with Gasteiger partial charge in [-0.1, -0.05) is 30.3 Å². The maximum absolute atomic E-state index is 13.3. The number of hydrogen-bond donors (Lipinski definition) is 1. The number of carbonyl (C=O) groups excluding carboxylic acids is 2. The van der Waals surface area contributed by atoms with E-state index in [1.807, 2.05) is 42.5 Å². The normalized spacial score (nSPS) is 10.6. The summed E-state index contributed by atoms with van der Waals surface area (Å²) in [5, 5.41) is 6.86.